The highest BCUT2D eigenvalue weighted by Gasteiger charge is 2.11. The van der Waals surface area contributed by atoms with Gasteiger partial charge in [-0.3, -0.25) is 0 Å². The summed E-state index contributed by atoms with van der Waals surface area (Å²) in [6.07, 6.45) is 3.89. The van der Waals surface area contributed by atoms with Crippen LogP contribution in [0.15, 0.2) is 46.3 Å². The second-order valence-electron chi connectivity index (χ2n) is 5.66. The van der Waals surface area contributed by atoms with E-state index in [0.717, 1.165) is 29.2 Å². The first kappa shape index (κ1) is 18.7. The molecule has 0 bridgehead atoms. The maximum absolute atomic E-state index is 6.44. The normalized spacial score (nSPS) is 11.1. The van der Waals surface area contributed by atoms with Crippen molar-refractivity contribution in [2.75, 3.05) is 31.8 Å². The maximum Gasteiger partial charge on any atom is 0.0910 e. The fourth-order valence-corrected chi connectivity index (χ4v) is 2.92. The lowest BCUT2D eigenvalue weighted by Gasteiger charge is -2.22. The summed E-state index contributed by atoms with van der Waals surface area (Å²) in [4.78, 5) is 9.90. The van der Waals surface area contributed by atoms with E-state index in [-0.39, 0.29) is 0 Å². The highest BCUT2D eigenvalue weighted by atomic mass is 35.5. The Bertz CT molecular complexity index is 713. The predicted octanol–water partition coefficient (Wildman–Crippen LogP) is 5.75. The van der Waals surface area contributed by atoms with Crippen LogP contribution in [-0.2, 0) is 0 Å². The van der Waals surface area contributed by atoms with Crippen molar-refractivity contribution in [3.05, 3.63) is 47.0 Å². The average Bonchev–Trinajstić information content (AvgIpc) is 2.61. The summed E-state index contributed by atoms with van der Waals surface area (Å²) in [5.41, 5.74) is 4.15. The van der Waals surface area contributed by atoms with Crippen LogP contribution < -0.4 is 4.90 Å². The van der Waals surface area contributed by atoms with Crippen LogP contribution in [0.2, 0.25) is 5.02 Å². The highest BCUT2D eigenvalue weighted by Crippen LogP contribution is 2.35. The second kappa shape index (κ2) is 8.45. The van der Waals surface area contributed by atoms with Gasteiger partial charge in [-0.25, -0.2) is 4.99 Å². The van der Waals surface area contributed by atoms with Crippen molar-refractivity contribution in [2.24, 2.45) is 4.99 Å². The molecule has 0 heterocycles. The van der Waals surface area contributed by atoms with E-state index >= 15 is 0 Å². The molecular weight excluding hydrogens is 338 g/mol. The fourth-order valence-electron chi connectivity index (χ4n) is 2.30. The monoisotopic (exact) mass is 361 g/mol. The molecule has 128 valence electrons. The molecule has 2 rings (SSSR count). The molecule has 0 saturated carbocycles. The van der Waals surface area contributed by atoms with E-state index < -0.39 is 0 Å². The molecule has 0 atom stereocenters. The smallest absolute Gasteiger partial charge is 0.0910 e. The van der Waals surface area contributed by atoms with Crippen molar-refractivity contribution < 1.29 is 0 Å². The van der Waals surface area contributed by atoms with Gasteiger partial charge >= 0.3 is 0 Å². The lowest BCUT2D eigenvalue weighted by atomic mass is 10.1. The van der Waals surface area contributed by atoms with Crippen LogP contribution in [0.4, 0.5) is 17.1 Å². The van der Waals surface area contributed by atoms with E-state index in [1.807, 2.05) is 30.4 Å². The Morgan fingerprint density at radius 1 is 1.17 bits per heavy atom. The third-order valence-electron chi connectivity index (χ3n) is 3.98. The van der Waals surface area contributed by atoms with Crippen LogP contribution >= 0.6 is 23.4 Å². The van der Waals surface area contributed by atoms with E-state index in [2.05, 4.69) is 61.3 Å². The first-order chi connectivity index (χ1) is 11.5. The second-order valence-corrected chi connectivity index (χ2v) is 6.95. The first-order valence-corrected chi connectivity index (χ1v) is 9.49. The molecule has 0 spiro atoms. The zero-order valence-electron chi connectivity index (χ0n) is 14.9. The van der Waals surface area contributed by atoms with Gasteiger partial charge in [0.15, 0.2) is 0 Å². The largest absolute Gasteiger partial charge is 0.366 e. The predicted molar refractivity (Wildman–Crippen MR) is 109 cm³/mol. The number of hydrogen-bond acceptors (Lipinski definition) is 3. The molecule has 0 aliphatic carbocycles. The summed E-state index contributed by atoms with van der Waals surface area (Å²) in [6, 6.07) is 12.5. The van der Waals surface area contributed by atoms with Gasteiger partial charge in [-0.15, -0.1) is 11.8 Å². The number of benzene rings is 2. The number of nitrogens with zero attached hydrogens (tertiary/aromatic N) is 3. The summed E-state index contributed by atoms with van der Waals surface area (Å²) < 4.78 is 0. The highest BCUT2D eigenvalue weighted by molar-refractivity contribution is 7.98. The number of aryl methyl sites for hydroxylation is 1. The van der Waals surface area contributed by atoms with Crippen LogP contribution in [0.5, 0.6) is 0 Å². The zero-order chi connectivity index (χ0) is 17.7. The molecule has 2 aromatic rings. The number of hydrogen-bond donors (Lipinski definition) is 0. The Balaban J connectivity index is 2.30. The van der Waals surface area contributed by atoms with E-state index in [1.54, 1.807) is 11.8 Å². The fraction of sp³-hybridized carbons (Fsp3) is 0.316. The van der Waals surface area contributed by atoms with Crippen LogP contribution in [0.25, 0.3) is 0 Å². The number of anilines is 2. The van der Waals surface area contributed by atoms with Gasteiger partial charge in [-0.05, 0) is 62.1 Å². The topological polar surface area (TPSA) is 18.8 Å². The van der Waals surface area contributed by atoms with Crippen molar-refractivity contribution in [3.8, 4) is 0 Å². The Morgan fingerprint density at radius 2 is 1.83 bits per heavy atom. The van der Waals surface area contributed by atoms with Crippen molar-refractivity contribution in [1.82, 2.24) is 4.90 Å². The zero-order valence-corrected chi connectivity index (χ0v) is 16.4. The molecule has 3 nitrogen and oxygen atoms in total. The Morgan fingerprint density at radius 3 is 2.42 bits per heavy atom. The minimum absolute atomic E-state index is 0.656. The van der Waals surface area contributed by atoms with E-state index in [9.17, 15) is 0 Å². The summed E-state index contributed by atoms with van der Waals surface area (Å²) in [7, 11) is 4.05. The minimum atomic E-state index is 0.656. The van der Waals surface area contributed by atoms with Gasteiger partial charge in [0.25, 0.3) is 0 Å². The molecule has 2 aromatic carbocycles. The molecular formula is C19H24ClN3S. The molecule has 0 amide bonds. The molecule has 0 saturated heterocycles. The molecule has 0 aromatic heterocycles. The molecule has 5 heteroatoms. The average molecular weight is 362 g/mol. The van der Waals surface area contributed by atoms with E-state index in [0.29, 0.717) is 5.02 Å². The lowest BCUT2D eigenvalue weighted by Crippen LogP contribution is -2.14. The number of thioether (sulfide) groups is 1. The Labute approximate surface area is 154 Å². The molecule has 0 fully saturated rings. The quantitative estimate of drug-likeness (QED) is 0.371. The standard InChI is InChI=1S/C19H24ClN3S/c1-6-22(3)13-21-18-11-14(2)19(12-17(18)20)23(4)15-7-9-16(24-5)10-8-15/h7-13H,6H2,1-5H3. The van der Waals surface area contributed by atoms with Crippen molar-refractivity contribution in [3.63, 3.8) is 0 Å². The SMILES string of the molecule is CCN(C)C=Nc1cc(C)c(N(C)c2ccc(SC)cc2)cc1Cl. The summed E-state index contributed by atoms with van der Waals surface area (Å²) in [6.45, 7) is 5.08. The van der Waals surface area contributed by atoms with Gasteiger partial charge in [0.2, 0.25) is 0 Å². The molecule has 0 aliphatic rings. The van der Waals surface area contributed by atoms with E-state index in [4.69, 9.17) is 11.6 Å². The number of aliphatic imine (C=N–C) groups is 1. The lowest BCUT2D eigenvalue weighted by molar-refractivity contribution is 0.552. The van der Waals surface area contributed by atoms with Crippen molar-refractivity contribution in [2.45, 2.75) is 18.7 Å². The van der Waals surface area contributed by atoms with Crippen LogP contribution in [-0.4, -0.2) is 38.1 Å². The molecule has 0 aliphatic heterocycles. The van der Waals surface area contributed by atoms with Gasteiger partial charge in [-0.1, -0.05) is 11.6 Å². The summed E-state index contributed by atoms with van der Waals surface area (Å²) in [5, 5.41) is 0.656. The molecule has 0 unspecified atom stereocenters. The van der Waals surface area contributed by atoms with E-state index in [1.165, 1.54) is 4.90 Å². The minimum Gasteiger partial charge on any atom is -0.366 e. The van der Waals surface area contributed by atoms with Crippen LogP contribution in [0, 0.1) is 6.92 Å². The van der Waals surface area contributed by atoms with Gasteiger partial charge in [-0.2, -0.15) is 0 Å². The van der Waals surface area contributed by atoms with Crippen LogP contribution in [0.1, 0.15) is 12.5 Å². The summed E-state index contributed by atoms with van der Waals surface area (Å²) in [5.74, 6) is 0. The van der Waals surface area contributed by atoms with Gasteiger partial charge in [0.05, 0.1) is 17.0 Å². The van der Waals surface area contributed by atoms with Gasteiger partial charge in [0, 0.05) is 36.9 Å². The van der Waals surface area contributed by atoms with Crippen molar-refractivity contribution >= 4 is 46.8 Å². The van der Waals surface area contributed by atoms with Gasteiger partial charge in [0.1, 0.15) is 0 Å². The molecule has 0 N–H and O–H groups in total. The first-order valence-electron chi connectivity index (χ1n) is 7.88. The third-order valence-corrected chi connectivity index (χ3v) is 5.03. The number of halogens is 1. The Hall–Kier alpha value is -1.65. The molecule has 0 radical (unpaired) electrons. The molecule has 24 heavy (non-hydrogen) atoms. The third kappa shape index (κ3) is 4.46. The maximum atomic E-state index is 6.44. The van der Waals surface area contributed by atoms with Gasteiger partial charge < -0.3 is 9.80 Å². The summed E-state index contributed by atoms with van der Waals surface area (Å²) >= 11 is 8.19. The Kier molecular flexibility index (Phi) is 6.58. The van der Waals surface area contributed by atoms with Crippen LogP contribution in [0.3, 0.4) is 0 Å². The van der Waals surface area contributed by atoms with Crippen molar-refractivity contribution in [1.29, 1.82) is 0 Å². The number of rotatable bonds is 6.